The predicted octanol–water partition coefficient (Wildman–Crippen LogP) is 4.41. The van der Waals surface area contributed by atoms with E-state index in [4.69, 9.17) is 21.3 Å². The molecule has 0 saturated heterocycles. The lowest BCUT2D eigenvalue weighted by molar-refractivity contribution is 0.111. The lowest BCUT2D eigenvalue weighted by atomic mass is 9.99. The van der Waals surface area contributed by atoms with Crippen molar-refractivity contribution in [1.29, 1.82) is 0 Å². The molecule has 0 fully saturated rings. The Morgan fingerprint density at radius 3 is 2.48 bits per heavy atom. The van der Waals surface area contributed by atoms with E-state index < -0.39 is 9.84 Å². The van der Waals surface area contributed by atoms with Gasteiger partial charge in [-0.15, -0.1) is 0 Å². The highest BCUT2D eigenvalue weighted by atomic mass is 35.5. The van der Waals surface area contributed by atoms with Crippen LogP contribution in [0.5, 0.6) is 5.88 Å². The monoisotopic (exact) mass is 483 g/mol. The third kappa shape index (κ3) is 4.24. The number of hydrogen-bond donors (Lipinski definition) is 0. The molecule has 0 aliphatic heterocycles. The smallest absolute Gasteiger partial charge is 0.218 e. The van der Waals surface area contributed by atoms with Gasteiger partial charge in [-0.25, -0.2) is 18.4 Å². The molecule has 0 bridgehead atoms. The Kier molecular flexibility index (Phi) is 5.99. The number of carbonyl (C=O) groups is 1. The van der Waals surface area contributed by atoms with Crippen LogP contribution in [0.1, 0.15) is 27.2 Å². The van der Waals surface area contributed by atoms with E-state index in [1.807, 2.05) is 19.1 Å². The standard InChI is InChI=1S/C24H22ClN3O4S/c1-14-9-16(23-20(12-29)28(2)13-26-23)11-18-21(25)19(24(32-3)27-22(14)18)10-15-5-7-17(8-6-15)33(4,30)31/h5-9,11-13H,10H2,1-4H3. The van der Waals surface area contributed by atoms with Gasteiger partial charge in [0.1, 0.15) is 5.69 Å². The number of aldehydes is 1. The van der Waals surface area contributed by atoms with Gasteiger partial charge in [0.2, 0.25) is 5.88 Å². The van der Waals surface area contributed by atoms with Crippen molar-refractivity contribution in [2.24, 2.45) is 7.05 Å². The first-order valence-electron chi connectivity index (χ1n) is 10.1. The molecule has 0 amide bonds. The number of benzene rings is 2. The zero-order chi connectivity index (χ0) is 23.9. The van der Waals surface area contributed by atoms with Gasteiger partial charge in [0, 0.05) is 36.2 Å². The third-order valence-electron chi connectivity index (χ3n) is 5.57. The van der Waals surface area contributed by atoms with E-state index in [2.05, 4.69) is 4.98 Å². The SMILES string of the molecule is COc1nc2c(C)cc(-c3ncn(C)c3C=O)cc2c(Cl)c1Cc1ccc(S(C)(=O)=O)cc1. The van der Waals surface area contributed by atoms with Crippen LogP contribution in [0.3, 0.4) is 0 Å². The molecule has 9 heteroatoms. The molecule has 0 atom stereocenters. The van der Waals surface area contributed by atoms with E-state index in [1.54, 1.807) is 42.2 Å². The summed E-state index contributed by atoms with van der Waals surface area (Å²) in [6, 6.07) is 10.4. The molecule has 0 N–H and O–H groups in total. The fourth-order valence-electron chi connectivity index (χ4n) is 3.84. The molecule has 0 aliphatic carbocycles. The van der Waals surface area contributed by atoms with Crippen molar-refractivity contribution in [3.05, 3.63) is 70.1 Å². The number of aryl methyl sites for hydroxylation is 2. The minimum absolute atomic E-state index is 0.252. The van der Waals surface area contributed by atoms with E-state index in [9.17, 15) is 13.2 Å². The van der Waals surface area contributed by atoms with E-state index in [1.165, 1.54) is 13.4 Å². The van der Waals surface area contributed by atoms with Gasteiger partial charge in [-0.1, -0.05) is 23.7 Å². The van der Waals surface area contributed by atoms with Gasteiger partial charge < -0.3 is 9.30 Å². The summed E-state index contributed by atoms with van der Waals surface area (Å²) in [6.07, 6.45) is 3.95. The number of halogens is 1. The zero-order valence-corrected chi connectivity index (χ0v) is 20.2. The summed E-state index contributed by atoms with van der Waals surface area (Å²) in [7, 11) is 0.0232. The first-order valence-corrected chi connectivity index (χ1v) is 12.3. The molecular weight excluding hydrogens is 462 g/mol. The van der Waals surface area contributed by atoms with E-state index in [0.29, 0.717) is 39.8 Å². The maximum Gasteiger partial charge on any atom is 0.218 e. The van der Waals surface area contributed by atoms with Gasteiger partial charge in [0.15, 0.2) is 16.1 Å². The van der Waals surface area contributed by atoms with Crippen LogP contribution in [0.25, 0.3) is 22.2 Å². The minimum atomic E-state index is -3.28. The highest BCUT2D eigenvalue weighted by Crippen LogP contribution is 2.37. The number of carbonyl (C=O) groups excluding carboxylic acids is 1. The molecule has 4 aromatic rings. The average Bonchev–Trinajstić information content (AvgIpc) is 3.16. The lowest BCUT2D eigenvalue weighted by Crippen LogP contribution is -2.02. The van der Waals surface area contributed by atoms with E-state index in [-0.39, 0.29) is 4.90 Å². The normalized spacial score (nSPS) is 11.7. The first kappa shape index (κ1) is 22.9. The summed E-state index contributed by atoms with van der Waals surface area (Å²) < 4.78 is 30.7. The molecule has 0 radical (unpaired) electrons. The molecule has 4 rings (SSSR count). The molecule has 0 saturated carbocycles. The Labute approximate surface area is 196 Å². The summed E-state index contributed by atoms with van der Waals surface area (Å²) in [4.78, 5) is 20.9. The predicted molar refractivity (Wildman–Crippen MR) is 128 cm³/mol. The highest BCUT2D eigenvalue weighted by molar-refractivity contribution is 7.90. The summed E-state index contributed by atoms with van der Waals surface area (Å²) in [5, 5.41) is 1.20. The van der Waals surface area contributed by atoms with E-state index >= 15 is 0 Å². The summed E-state index contributed by atoms with van der Waals surface area (Å²) in [6.45, 7) is 1.92. The maximum absolute atomic E-state index is 11.8. The number of methoxy groups -OCH3 is 1. The number of nitrogens with zero attached hydrogens (tertiary/aromatic N) is 3. The molecule has 0 aliphatic rings. The quantitative estimate of drug-likeness (QED) is 0.377. The Hall–Kier alpha value is -3.23. The van der Waals surface area contributed by atoms with Crippen molar-refractivity contribution < 1.29 is 17.9 Å². The Morgan fingerprint density at radius 1 is 1.18 bits per heavy atom. The number of ether oxygens (including phenoxy) is 1. The van der Waals surface area contributed by atoms with Crippen molar-refractivity contribution in [1.82, 2.24) is 14.5 Å². The van der Waals surface area contributed by atoms with Crippen LogP contribution < -0.4 is 4.74 Å². The molecule has 7 nitrogen and oxygen atoms in total. The van der Waals surface area contributed by atoms with Crippen LogP contribution in [-0.2, 0) is 23.3 Å². The van der Waals surface area contributed by atoms with Crippen LogP contribution in [-0.4, -0.2) is 42.6 Å². The van der Waals surface area contributed by atoms with Crippen LogP contribution in [0.2, 0.25) is 5.02 Å². The Balaban J connectivity index is 1.86. The summed E-state index contributed by atoms with van der Waals surface area (Å²) >= 11 is 6.88. The summed E-state index contributed by atoms with van der Waals surface area (Å²) in [5.74, 6) is 0.405. The summed E-state index contributed by atoms with van der Waals surface area (Å²) in [5.41, 5.74) is 4.92. The fourth-order valence-corrected chi connectivity index (χ4v) is 4.76. The van der Waals surface area contributed by atoms with Gasteiger partial charge in [0.05, 0.1) is 34.6 Å². The van der Waals surface area contributed by atoms with Crippen molar-refractivity contribution in [3.8, 4) is 17.1 Å². The van der Waals surface area contributed by atoms with Crippen molar-refractivity contribution in [2.45, 2.75) is 18.2 Å². The van der Waals surface area contributed by atoms with Crippen molar-refractivity contribution in [3.63, 3.8) is 0 Å². The molecule has 0 spiro atoms. The number of rotatable bonds is 6. The van der Waals surface area contributed by atoms with Gasteiger partial charge >= 0.3 is 0 Å². The second kappa shape index (κ2) is 8.61. The molecule has 2 aromatic heterocycles. The lowest BCUT2D eigenvalue weighted by Gasteiger charge is -2.15. The Bertz CT molecular complexity index is 1490. The molecule has 0 unspecified atom stereocenters. The number of fused-ring (bicyclic) bond motifs is 1. The second-order valence-electron chi connectivity index (χ2n) is 7.90. The number of imidazole rings is 1. The first-order chi connectivity index (χ1) is 15.6. The van der Waals surface area contributed by atoms with Crippen LogP contribution in [0, 0.1) is 6.92 Å². The van der Waals surface area contributed by atoms with Gasteiger partial charge in [-0.3, -0.25) is 4.79 Å². The number of aromatic nitrogens is 3. The number of hydrogen-bond acceptors (Lipinski definition) is 6. The van der Waals surface area contributed by atoms with Gasteiger partial charge in [-0.2, -0.15) is 0 Å². The maximum atomic E-state index is 11.8. The highest BCUT2D eigenvalue weighted by Gasteiger charge is 2.19. The average molecular weight is 484 g/mol. The second-order valence-corrected chi connectivity index (χ2v) is 10.3. The topological polar surface area (TPSA) is 91.2 Å². The fraction of sp³-hybridized carbons (Fsp3) is 0.208. The number of sulfone groups is 1. The largest absolute Gasteiger partial charge is 0.481 e. The molecule has 170 valence electrons. The van der Waals surface area contributed by atoms with Gasteiger partial charge in [-0.05, 0) is 42.3 Å². The third-order valence-corrected chi connectivity index (χ3v) is 7.13. The van der Waals surface area contributed by atoms with Gasteiger partial charge in [0.25, 0.3) is 0 Å². The Morgan fingerprint density at radius 2 is 1.88 bits per heavy atom. The van der Waals surface area contributed by atoms with Crippen LogP contribution >= 0.6 is 11.6 Å². The van der Waals surface area contributed by atoms with Crippen LogP contribution in [0.15, 0.2) is 47.6 Å². The van der Waals surface area contributed by atoms with Crippen molar-refractivity contribution >= 4 is 38.6 Å². The minimum Gasteiger partial charge on any atom is -0.481 e. The molecular formula is C24H22ClN3O4S. The van der Waals surface area contributed by atoms with E-state index in [0.717, 1.165) is 28.4 Å². The zero-order valence-electron chi connectivity index (χ0n) is 18.6. The molecule has 33 heavy (non-hydrogen) atoms. The molecule has 2 heterocycles. The van der Waals surface area contributed by atoms with Crippen molar-refractivity contribution in [2.75, 3.05) is 13.4 Å². The number of pyridine rings is 1. The van der Waals surface area contributed by atoms with Crippen LogP contribution in [0.4, 0.5) is 0 Å². The molecule has 2 aromatic carbocycles.